The van der Waals surface area contributed by atoms with Gasteiger partial charge in [-0.25, -0.2) is 9.18 Å². The molecule has 0 saturated heterocycles. The lowest BCUT2D eigenvalue weighted by atomic mass is 10.1. The van der Waals surface area contributed by atoms with Crippen LogP contribution in [-0.2, 0) is 33.9 Å². The fourth-order valence-corrected chi connectivity index (χ4v) is 2.57. The number of unbranched alkanes of at least 4 members (excludes halogenated alkanes) is 2. The molecule has 0 aliphatic rings. The van der Waals surface area contributed by atoms with Gasteiger partial charge in [0, 0.05) is 6.42 Å². The van der Waals surface area contributed by atoms with Gasteiger partial charge in [0.05, 0.1) is 13.2 Å². The molecular formula is C17H22F8O8S. The van der Waals surface area contributed by atoms with Crippen molar-refractivity contribution in [3.8, 4) is 0 Å². The fourth-order valence-electron chi connectivity index (χ4n) is 2.09. The van der Waals surface area contributed by atoms with Crippen LogP contribution < -0.4 is 0 Å². The van der Waals surface area contributed by atoms with Crippen molar-refractivity contribution in [1.29, 1.82) is 0 Å². The van der Waals surface area contributed by atoms with Crippen LogP contribution in [0.25, 0.3) is 0 Å². The van der Waals surface area contributed by atoms with Crippen LogP contribution in [0.3, 0.4) is 0 Å². The summed E-state index contributed by atoms with van der Waals surface area (Å²) in [5.41, 5.74) is 0. The van der Waals surface area contributed by atoms with E-state index in [1.807, 2.05) is 0 Å². The average molecular weight is 538 g/mol. The Bertz CT molecular complexity index is 828. The van der Waals surface area contributed by atoms with Crippen molar-refractivity contribution in [2.75, 3.05) is 19.8 Å². The maximum atomic E-state index is 13.7. The Morgan fingerprint density at radius 2 is 1.50 bits per heavy atom. The van der Waals surface area contributed by atoms with E-state index in [0.29, 0.717) is 6.42 Å². The highest BCUT2D eigenvalue weighted by molar-refractivity contribution is 7.87. The summed E-state index contributed by atoms with van der Waals surface area (Å²) in [5, 5.41) is -5.88. The first-order valence-corrected chi connectivity index (χ1v) is 10.8. The van der Waals surface area contributed by atoms with E-state index >= 15 is 0 Å². The summed E-state index contributed by atoms with van der Waals surface area (Å²) < 4.78 is 149. The molecule has 8 nitrogen and oxygen atoms in total. The Morgan fingerprint density at radius 1 is 0.941 bits per heavy atom. The van der Waals surface area contributed by atoms with Crippen LogP contribution in [0.4, 0.5) is 35.1 Å². The number of alkyl halides is 7. The van der Waals surface area contributed by atoms with Gasteiger partial charge in [0.2, 0.25) is 5.78 Å². The monoisotopic (exact) mass is 538 g/mol. The van der Waals surface area contributed by atoms with E-state index in [9.17, 15) is 53.1 Å². The molecule has 0 fully saturated rings. The SMILES string of the molecule is C=C(F)C(=O)COC(OCCCCC(F)(F)C(F)(F)S(=O)(=O)O)(C(=O)OCCCC)C(F)(F)F. The van der Waals surface area contributed by atoms with E-state index in [1.165, 1.54) is 0 Å². The summed E-state index contributed by atoms with van der Waals surface area (Å²) in [4.78, 5) is 23.4. The van der Waals surface area contributed by atoms with Crippen LogP contribution in [0.1, 0.15) is 39.0 Å². The first-order valence-electron chi connectivity index (χ1n) is 9.39. The Labute approximate surface area is 189 Å². The number of halogens is 8. The fraction of sp³-hybridized carbons (Fsp3) is 0.765. The van der Waals surface area contributed by atoms with Crippen LogP contribution in [0.2, 0.25) is 0 Å². The molecule has 0 bridgehead atoms. The maximum absolute atomic E-state index is 13.7. The molecule has 200 valence electrons. The number of ketones is 1. The van der Waals surface area contributed by atoms with E-state index in [0.717, 1.165) is 0 Å². The summed E-state index contributed by atoms with van der Waals surface area (Å²) in [6.07, 6.45) is -9.12. The van der Waals surface area contributed by atoms with E-state index in [4.69, 9.17) is 4.55 Å². The standard InChI is InChI=1S/C17H22F8O8S/c1-3-4-8-31-13(27)15(16(21,22)23,33-10-12(26)11(2)18)32-9-6-5-7-14(19,20)17(24,25)34(28,29)30/h2-10H2,1H3,(H,28,29,30). The quantitative estimate of drug-likeness (QED) is 0.0784. The van der Waals surface area contributed by atoms with Crippen LogP contribution in [0, 0.1) is 0 Å². The predicted octanol–water partition coefficient (Wildman–Crippen LogP) is 3.96. The van der Waals surface area contributed by atoms with Gasteiger partial charge < -0.3 is 14.2 Å². The summed E-state index contributed by atoms with van der Waals surface area (Å²) >= 11 is 0. The summed E-state index contributed by atoms with van der Waals surface area (Å²) in [7, 11) is -6.50. The van der Waals surface area contributed by atoms with Crippen molar-refractivity contribution >= 4 is 21.9 Å². The second kappa shape index (κ2) is 12.2. The number of rotatable bonds is 16. The number of hydrogen-bond acceptors (Lipinski definition) is 7. The highest BCUT2D eigenvalue weighted by Crippen LogP contribution is 2.42. The number of carbonyl (C=O) groups excluding carboxylic acids is 2. The van der Waals surface area contributed by atoms with Crippen LogP contribution in [-0.4, -0.2) is 67.7 Å². The zero-order valence-corrected chi connectivity index (χ0v) is 18.4. The molecule has 0 spiro atoms. The molecule has 0 heterocycles. The van der Waals surface area contributed by atoms with Gasteiger partial charge in [-0.05, 0) is 19.3 Å². The molecular weight excluding hydrogens is 516 g/mol. The van der Waals surface area contributed by atoms with E-state index in [2.05, 4.69) is 20.8 Å². The van der Waals surface area contributed by atoms with Crippen molar-refractivity contribution in [1.82, 2.24) is 0 Å². The minimum absolute atomic E-state index is 0.108. The van der Waals surface area contributed by atoms with Crippen molar-refractivity contribution in [3.05, 3.63) is 12.4 Å². The lowest BCUT2D eigenvalue weighted by Crippen LogP contribution is -2.58. The molecule has 17 heteroatoms. The van der Waals surface area contributed by atoms with E-state index in [-0.39, 0.29) is 6.42 Å². The van der Waals surface area contributed by atoms with Gasteiger partial charge in [-0.3, -0.25) is 9.35 Å². The van der Waals surface area contributed by atoms with Gasteiger partial charge in [0.15, 0.2) is 5.83 Å². The Balaban J connectivity index is 5.51. The lowest BCUT2D eigenvalue weighted by molar-refractivity contribution is -0.365. The van der Waals surface area contributed by atoms with Gasteiger partial charge in [0.25, 0.3) is 0 Å². The van der Waals surface area contributed by atoms with Gasteiger partial charge >= 0.3 is 39.2 Å². The first kappa shape index (κ1) is 32.1. The number of ether oxygens (including phenoxy) is 3. The molecule has 0 aromatic heterocycles. The number of esters is 1. The molecule has 0 rings (SSSR count). The lowest BCUT2D eigenvalue weighted by Gasteiger charge is -2.32. The van der Waals surface area contributed by atoms with E-state index < -0.39 is 89.9 Å². The zero-order valence-electron chi connectivity index (χ0n) is 17.6. The Hall–Kier alpha value is -1.85. The van der Waals surface area contributed by atoms with Crippen LogP contribution in [0.5, 0.6) is 0 Å². The predicted molar refractivity (Wildman–Crippen MR) is 97.1 cm³/mol. The van der Waals surface area contributed by atoms with Crippen LogP contribution in [0.15, 0.2) is 12.4 Å². The molecule has 0 aliphatic carbocycles. The van der Waals surface area contributed by atoms with Crippen molar-refractivity contribution in [2.24, 2.45) is 0 Å². The van der Waals surface area contributed by atoms with Gasteiger partial charge in [0.1, 0.15) is 6.61 Å². The molecule has 0 aromatic rings. The molecule has 1 unspecified atom stereocenters. The highest BCUT2D eigenvalue weighted by Gasteiger charge is 2.66. The molecule has 0 saturated carbocycles. The Morgan fingerprint density at radius 3 is 1.94 bits per heavy atom. The third-order valence-corrected chi connectivity index (χ3v) is 4.97. The summed E-state index contributed by atoms with van der Waals surface area (Å²) in [6, 6.07) is 0. The molecule has 0 radical (unpaired) electrons. The third-order valence-electron chi connectivity index (χ3n) is 4.02. The number of hydrogen-bond donors (Lipinski definition) is 1. The normalized spacial score (nSPS) is 15.0. The molecule has 0 aromatic carbocycles. The topological polar surface area (TPSA) is 116 Å². The molecule has 1 atom stereocenters. The van der Waals surface area contributed by atoms with Crippen molar-refractivity contribution < 1.29 is 71.9 Å². The maximum Gasteiger partial charge on any atom is 0.455 e. The smallest absolute Gasteiger partial charge is 0.455 e. The number of carbonyl (C=O) groups is 2. The second-order valence-electron chi connectivity index (χ2n) is 6.72. The minimum atomic E-state index is -6.50. The second-order valence-corrected chi connectivity index (χ2v) is 8.19. The van der Waals surface area contributed by atoms with Gasteiger partial charge in [-0.15, -0.1) is 0 Å². The minimum Gasteiger partial charge on any atom is -0.461 e. The zero-order chi connectivity index (χ0) is 27.0. The molecule has 1 N–H and O–H groups in total. The van der Waals surface area contributed by atoms with Crippen LogP contribution >= 0.6 is 0 Å². The first-order chi connectivity index (χ1) is 15.3. The Kier molecular flexibility index (Phi) is 11.5. The van der Waals surface area contributed by atoms with Gasteiger partial charge in [-0.1, -0.05) is 19.9 Å². The summed E-state index contributed by atoms with van der Waals surface area (Å²) in [5.74, 6) is -15.2. The highest BCUT2D eigenvalue weighted by atomic mass is 32.2. The molecule has 0 aliphatic heterocycles. The largest absolute Gasteiger partial charge is 0.461 e. The van der Waals surface area contributed by atoms with Crippen molar-refractivity contribution in [2.45, 2.75) is 62.2 Å². The molecule has 34 heavy (non-hydrogen) atoms. The summed E-state index contributed by atoms with van der Waals surface area (Å²) in [6.45, 7) is 0.656. The van der Waals surface area contributed by atoms with Crippen molar-refractivity contribution in [3.63, 3.8) is 0 Å². The number of Topliss-reactive ketones (excluding diaryl/α,β-unsaturated/α-hetero) is 1. The molecule has 0 amide bonds. The third kappa shape index (κ3) is 8.13. The van der Waals surface area contributed by atoms with E-state index in [1.54, 1.807) is 6.92 Å². The van der Waals surface area contributed by atoms with Gasteiger partial charge in [-0.2, -0.15) is 39.2 Å². The average Bonchev–Trinajstić information content (AvgIpc) is 2.67.